The maximum absolute atomic E-state index is 10.3. The van der Waals surface area contributed by atoms with Gasteiger partial charge in [0.25, 0.3) is 0 Å². The zero-order chi connectivity index (χ0) is 18.2. The van der Waals surface area contributed by atoms with Crippen molar-refractivity contribution in [2.45, 2.75) is 0 Å². The largest absolute Gasteiger partial charge is 0.508 e. The van der Waals surface area contributed by atoms with Gasteiger partial charge in [-0.2, -0.15) is 0 Å². The molecule has 0 aliphatic heterocycles. The Hall–Kier alpha value is -2.89. The van der Waals surface area contributed by atoms with Gasteiger partial charge in [-0.15, -0.1) is 0 Å². The van der Waals surface area contributed by atoms with E-state index in [1.165, 1.54) is 24.3 Å². The highest BCUT2D eigenvalue weighted by molar-refractivity contribution is 6.15. The third-order valence-electron chi connectivity index (χ3n) is 2.37. The van der Waals surface area contributed by atoms with Gasteiger partial charge in [0.2, 0.25) is 0 Å². The highest BCUT2D eigenvalue weighted by Gasteiger charge is 1.94. The number of rotatable bonds is 0. The number of hydrogen-bond donors (Lipinski definition) is 4. The SMILES string of the molecule is N=C1C=CC(=O)C=C1.NCl.Oc1ccccc1.Oc1ccccc1. The van der Waals surface area contributed by atoms with E-state index >= 15 is 0 Å². The third kappa shape index (κ3) is 11.7. The summed E-state index contributed by atoms with van der Waals surface area (Å²) in [4.78, 5) is 10.3. The van der Waals surface area contributed by atoms with Crippen LogP contribution in [-0.4, -0.2) is 21.7 Å². The predicted molar refractivity (Wildman–Crippen MR) is 97.3 cm³/mol. The van der Waals surface area contributed by atoms with Gasteiger partial charge in [-0.1, -0.05) is 36.4 Å². The van der Waals surface area contributed by atoms with Crippen LogP contribution in [0.5, 0.6) is 11.5 Å². The molecule has 0 bridgehead atoms. The maximum Gasteiger partial charge on any atom is 0.178 e. The summed E-state index contributed by atoms with van der Waals surface area (Å²) in [5, 5.41) is 28.2. The first-order valence-corrected chi connectivity index (χ1v) is 7.20. The van der Waals surface area contributed by atoms with Crippen molar-refractivity contribution in [3.63, 3.8) is 0 Å². The summed E-state index contributed by atoms with van der Waals surface area (Å²) in [6.45, 7) is 0. The van der Waals surface area contributed by atoms with Crippen LogP contribution in [0.2, 0.25) is 0 Å². The van der Waals surface area contributed by atoms with Gasteiger partial charge < -0.3 is 15.6 Å². The fourth-order valence-electron chi connectivity index (χ4n) is 1.31. The number of nitrogens with two attached hydrogens (primary N) is 1. The van der Waals surface area contributed by atoms with E-state index in [-0.39, 0.29) is 5.78 Å². The lowest BCUT2D eigenvalue weighted by Crippen LogP contribution is -1.96. The van der Waals surface area contributed by atoms with E-state index in [2.05, 4.69) is 17.0 Å². The Morgan fingerprint density at radius 2 is 1.04 bits per heavy atom. The number of benzene rings is 2. The quantitative estimate of drug-likeness (QED) is 0.432. The number of nitrogens with one attached hydrogen (secondary N) is 1. The minimum Gasteiger partial charge on any atom is -0.508 e. The lowest BCUT2D eigenvalue weighted by atomic mass is 10.2. The van der Waals surface area contributed by atoms with Crippen LogP contribution in [-0.2, 0) is 4.79 Å². The van der Waals surface area contributed by atoms with Gasteiger partial charge >= 0.3 is 0 Å². The molecule has 0 unspecified atom stereocenters. The molecule has 0 atom stereocenters. The van der Waals surface area contributed by atoms with E-state index in [0.717, 1.165) is 0 Å². The van der Waals surface area contributed by atoms with Crippen LogP contribution in [0.4, 0.5) is 0 Å². The van der Waals surface area contributed by atoms with Gasteiger partial charge in [0.05, 0.1) is 5.71 Å². The number of hydrogen-bond acceptors (Lipinski definition) is 5. The van der Waals surface area contributed by atoms with Gasteiger partial charge in [-0.05, 0) is 60.3 Å². The number of carbonyl (C=O) groups is 1. The van der Waals surface area contributed by atoms with Crippen LogP contribution in [0.3, 0.4) is 0 Å². The summed E-state index contributed by atoms with van der Waals surface area (Å²) in [6.07, 6.45) is 5.70. The van der Waals surface area contributed by atoms with Crippen LogP contribution in [0.15, 0.2) is 85.0 Å². The molecule has 0 saturated heterocycles. The summed E-state index contributed by atoms with van der Waals surface area (Å²) in [6, 6.07) is 17.4. The number of halogens is 1. The molecule has 2 aromatic rings. The predicted octanol–water partition coefficient (Wildman–Crippen LogP) is 3.58. The maximum atomic E-state index is 10.3. The Labute approximate surface area is 146 Å². The number of ketones is 1. The molecule has 1 aliphatic carbocycles. The number of para-hydroxylation sites is 2. The minimum absolute atomic E-state index is 0.0407. The smallest absolute Gasteiger partial charge is 0.178 e. The molecule has 0 saturated carbocycles. The summed E-state index contributed by atoms with van der Waals surface area (Å²) in [5.74, 6) is 0.603. The fourth-order valence-corrected chi connectivity index (χ4v) is 1.31. The van der Waals surface area contributed by atoms with E-state index in [0.29, 0.717) is 17.2 Å². The van der Waals surface area contributed by atoms with Gasteiger partial charge in [0.1, 0.15) is 11.5 Å². The van der Waals surface area contributed by atoms with Crippen molar-refractivity contribution in [2.24, 2.45) is 5.25 Å². The second kappa shape index (κ2) is 13.8. The molecule has 0 amide bonds. The molecular weight excluding hydrogens is 328 g/mol. The first kappa shape index (κ1) is 21.1. The highest BCUT2D eigenvalue weighted by atomic mass is 35.5. The molecule has 24 heavy (non-hydrogen) atoms. The topological polar surface area (TPSA) is 107 Å². The average Bonchev–Trinajstić information content (AvgIpc) is 2.62. The van der Waals surface area contributed by atoms with Crippen LogP contribution in [0.25, 0.3) is 0 Å². The highest BCUT2D eigenvalue weighted by Crippen LogP contribution is 2.03. The molecule has 1 aliphatic rings. The molecule has 0 aromatic heterocycles. The van der Waals surface area contributed by atoms with E-state index in [9.17, 15) is 4.79 Å². The standard InChI is InChI=1S/C6H5NO.2C6H6O.ClH2N/c7-5-1-3-6(8)4-2-5;2*7-6-4-2-1-3-5-6;1-2/h1-4,7H;2*1-5,7H;2H2. The Kier molecular flexibility index (Phi) is 12.1. The van der Waals surface area contributed by atoms with Crippen LogP contribution in [0.1, 0.15) is 0 Å². The summed E-state index contributed by atoms with van der Waals surface area (Å²) < 4.78 is 0. The molecule has 5 nitrogen and oxygen atoms in total. The minimum atomic E-state index is -0.0407. The molecule has 0 fully saturated rings. The normalized spacial score (nSPS) is 11.1. The van der Waals surface area contributed by atoms with Crippen molar-refractivity contribution >= 4 is 23.3 Å². The first-order chi connectivity index (χ1) is 11.6. The van der Waals surface area contributed by atoms with E-state index in [1.807, 2.05) is 12.1 Å². The Balaban J connectivity index is 0.000000315. The van der Waals surface area contributed by atoms with Gasteiger partial charge in [-0.3, -0.25) is 4.79 Å². The summed E-state index contributed by atoms with van der Waals surface area (Å²) in [7, 11) is 0. The monoisotopic (exact) mass is 346 g/mol. The van der Waals surface area contributed by atoms with Crippen molar-refractivity contribution in [3.05, 3.63) is 85.0 Å². The fraction of sp³-hybridized carbons (Fsp3) is 0. The Morgan fingerprint density at radius 1 is 0.708 bits per heavy atom. The second-order valence-corrected chi connectivity index (χ2v) is 4.20. The Bertz CT molecular complexity index is 581. The van der Waals surface area contributed by atoms with E-state index < -0.39 is 0 Å². The first-order valence-electron chi connectivity index (χ1n) is 6.76. The van der Waals surface area contributed by atoms with E-state index in [1.54, 1.807) is 48.5 Å². The molecule has 6 heteroatoms. The molecule has 0 radical (unpaired) electrons. The van der Waals surface area contributed by atoms with Crippen molar-refractivity contribution in [1.29, 1.82) is 5.41 Å². The van der Waals surface area contributed by atoms with Gasteiger partial charge in [0.15, 0.2) is 5.78 Å². The second-order valence-electron chi connectivity index (χ2n) is 4.20. The molecule has 2 aromatic carbocycles. The zero-order valence-corrected chi connectivity index (χ0v) is 13.6. The van der Waals surface area contributed by atoms with Crippen molar-refractivity contribution in [1.82, 2.24) is 0 Å². The molecule has 0 spiro atoms. The van der Waals surface area contributed by atoms with E-state index in [4.69, 9.17) is 15.6 Å². The van der Waals surface area contributed by atoms with Crippen LogP contribution in [0, 0.1) is 5.41 Å². The summed E-state index contributed by atoms with van der Waals surface area (Å²) >= 11 is 4.14. The molecule has 126 valence electrons. The number of aromatic hydroxyl groups is 2. The number of allylic oxidation sites excluding steroid dienone is 4. The van der Waals surface area contributed by atoms with Crippen molar-refractivity contribution in [2.75, 3.05) is 0 Å². The lowest BCUT2D eigenvalue weighted by molar-refractivity contribution is -0.110. The average molecular weight is 347 g/mol. The molecule has 3 rings (SSSR count). The third-order valence-corrected chi connectivity index (χ3v) is 2.37. The lowest BCUT2D eigenvalue weighted by Gasteiger charge is -1.90. The molecule has 5 N–H and O–H groups in total. The number of phenolic OH excluding ortho intramolecular Hbond substituents is 2. The Morgan fingerprint density at radius 3 is 1.25 bits per heavy atom. The number of phenols is 2. The number of carbonyl (C=O) groups excluding carboxylic acids is 1. The zero-order valence-electron chi connectivity index (χ0n) is 12.8. The van der Waals surface area contributed by atoms with Gasteiger partial charge in [0, 0.05) is 0 Å². The van der Waals surface area contributed by atoms with Gasteiger partial charge in [-0.25, -0.2) is 5.25 Å². The van der Waals surface area contributed by atoms with Crippen molar-refractivity contribution < 1.29 is 15.0 Å². The van der Waals surface area contributed by atoms with Crippen molar-refractivity contribution in [3.8, 4) is 11.5 Å². The van der Waals surface area contributed by atoms with Crippen LogP contribution < -0.4 is 5.25 Å². The van der Waals surface area contributed by atoms with Crippen LogP contribution >= 0.6 is 11.8 Å². The molecule has 0 heterocycles. The summed E-state index contributed by atoms with van der Waals surface area (Å²) in [5.41, 5.74) is 0.379. The molecular formula is C18H19ClN2O3.